The molecular weight excluding hydrogens is 541 g/mol. The van der Waals surface area contributed by atoms with Crippen LogP contribution >= 0.6 is 0 Å². The molecule has 2 aromatic carbocycles. The van der Waals surface area contributed by atoms with Gasteiger partial charge in [-0.3, -0.25) is 9.59 Å². The highest BCUT2D eigenvalue weighted by Gasteiger charge is 2.41. The zero-order chi connectivity index (χ0) is 28.7. The predicted octanol–water partition coefficient (Wildman–Crippen LogP) is 4.75. The van der Waals surface area contributed by atoms with Gasteiger partial charge in [0.2, 0.25) is 25.1 Å². The van der Waals surface area contributed by atoms with Crippen LogP contribution in [0, 0.1) is 11.3 Å². The van der Waals surface area contributed by atoms with Gasteiger partial charge in [0.05, 0.1) is 11.4 Å². The maximum atomic E-state index is 12.4. The van der Waals surface area contributed by atoms with Crippen molar-refractivity contribution < 1.29 is 23.5 Å². The molecule has 0 unspecified atom stereocenters. The molecule has 0 saturated heterocycles. The van der Waals surface area contributed by atoms with Gasteiger partial charge in [-0.2, -0.15) is 0 Å². The van der Waals surface area contributed by atoms with E-state index in [2.05, 4.69) is 30.2 Å². The van der Waals surface area contributed by atoms with Crippen LogP contribution in [0.3, 0.4) is 0 Å². The number of hydrogen-bond acceptors (Lipinski definition) is 6. The van der Waals surface area contributed by atoms with E-state index < -0.39 is 17.7 Å². The molecular formula is C30H38N2O6Si2. The molecule has 1 aliphatic rings. The van der Waals surface area contributed by atoms with E-state index >= 15 is 0 Å². The minimum atomic E-state index is -0.725. The molecule has 8 nitrogen and oxygen atoms in total. The minimum Gasteiger partial charge on any atom is -0.487 e. The van der Waals surface area contributed by atoms with E-state index in [-0.39, 0.29) is 43.0 Å². The van der Waals surface area contributed by atoms with Gasteiger partial charge in [0.25, 0.3) is 0 Å². The van der Waals surface area contributed by atoms with Crippen LogP contribution in [0.15, 0.2) is 59.4 Å². The fourth-order valence-corrected chi connectivity index (χ4v) is 6.79. The number of fused-ring (bicyclic) bond motifs is 1. The molecule has 0 bridgehead atoms. The number of rotatable bonds is 14. The zero-order valence-electron chi connectivity index (χ0n) is 23.5. The summed E-state index contributed by atoms with van der Waals surface area (Å²) in [5.41, 5.74) is 2.08. The summed E-state index contributed by atoms with van der Waals surface area (Å²) < 4.78 is 18.5. The number of aliphatic carboxylic acids is 1. The second kappa shape index (κ2) is 13.7. The van der Waals surface area contributed by atoms with E-state index in [4.69, 9.17) is 13.6 Å². The molecule has 212 valence electrons. The molecule has 1 fully saturated rings. The first kappa shape index (κ1) is 30.2. The number of hydrogen-bond donors (Lipinski definition) is 3. The average Bonchev–Trinajstić information content (AvgIpc) is 3.42. The van der Waals surface area contributed by atoms with Gasteiger partial charge in [0.1, 0.15) is 18.6 Å². The summed E-state index contributed by atoms with van der Waals surface area (Å²) in [6.45, 7) is 9.26. The highest BCUT2D eigenvalue weighted by Crippen LogP contribution is 2.44. The van der Waals surface area contributed by atoms with E-state index in [1.165, 1.54) is 0 Å². The van der Waals surface area contributed by atoms with E-state index in [0.717, 1.165) is 22.9 Å². The normalized spacial score (nSPS) is 18.3. The number of carboxylic acid groups (broad SMARTS) is 1. The fourth-order valence-electron chi connectivity index (χ4n) is 5.56. The number of carboxylic acids is 1. The summed E-state index contributed by atoms with van der Waals surface area (Å²) in [5.74, 6) is -0.500. The fraction of sp³-hybridized carbons (Fsp3) is 0.467. The lowest BCUT2D eigenvalue weighted by molar-refractivity contribution is -0.141. The van der Waals surface area contributed by atoms with Crippen LogP contribution in [0.1, 0.15) is 50.2 Å². The molecule has 0 aliphatic heterocycles. The third-order valence-corrected chi connectivity index (χ3v) is 8.75. The lowest BCUT2D eigenvalue weighted by atomic mass is 9.73. The Kier molecular flexibility index (Phi) is 10.4. The Hall–Kier alpha value is -2.77. The van der Waals surface area contributed by atoms with E-state index in [9.17, 15) is 14.7 Å². The number of ether oxygens (including phenoxy) is 1. The van der Waals surface area contributed by atoms with Crippen molar-refractivity contribution in [2.75, 3.05) is 6.54 Å². The molecule has 3 aromatic rings. The Bertz CT molecular complexity index is 1330. The molecule has 3 atom stereocenters. The molecule has 4 radical (unpaired) electrons. The Morgan fingerprint density at radius 2 is 1.80 bits per heavy atom. The maximum Gasteiger partial charge on any atom is 0.306 e. The van der Waals surface area contributed by atoms with Crippen LogP contribution in [-0.2, 0) is 20.3 Å². The van der Waals surface area contributed by atoms with Gasteiger partial charge >= 0.3 is 5.97 Å². The van der Waals surface area contributed by atoms with Gasteiger partial charge in [-0.05, 0) is 55.6 Å². The molecule has 3 N–H and O–H groups in total. The molecule has 0 spiro atoms. The Morgan fingerprint density at radius 1 is 1.07 bits per heavy atom. The van der Waals surface area contributed by atoms with Crippen LogP contribution in [0.25, 0.3) is 10.9 Å². The summed E-state index contributed by atoms with van der Waals surface area (Å²) in [6, 6.07) is 17.4. The van der Waals surface area contributed by atoms with Crippen molar-refractivity contribution in [3.8, 4) is 5.75 Å². The van der Waals surface area contributed by atoms with Crippen molar-refractivity contribution in [2.45, 2.75) is 71.1 Å². The minimum absolute atomic E-state index is 0.0781. The monoisotopic (exact) mass is 578 g/mol. The van der Waals surface area contributed by atoms with Crippen molar-refractivity contribution in [3.63, 3.8) is 0 Å². The second-order valence-electron chi connectivity index (χ2n) is 10.8. The van der Waals surface area contributed by atoms with Crippen molar-refractivity contribution in [2.24, 2.45) is 11.3 Å². The summed E-state index contributed by atoms with van der Waals surface area (Å²) >= 11 is 0. The van der Waals surface area contributed by atoms with Crippen molar-refractivity contribution in [1.82, 2.24) is 10.3 Å². The molecule has 1 aliphatic carbocycles. The summed E-state index contributed by atoms with van der Waals surface area (Å²) in [6.07, 6.45) is 1.69. The quantitative estimate of drug-likeness (QED) is 0.187. The average molecular weight is 579 g/mol. The second-order valence-corrected chi connectivity index (χ2v) is 12.1. The number of aromatic amines is 1. The molecule has 1 heterocycles. The molecule has 10 heteroatoms. The highest BCUT2D eigenvalue weighted by molar-refractivity contribution is 6.26. The van der Waals surface area contributed by atoms with Gasteiger partial charge in [0.15, 0.2) is 0 Å². The van der Waals surface area contributed by atoms with Crippen molar-refractivity contribution in [3.05, 3.63) is 76.1 Å². The van der Waals surface area contributed by atoms with Crippen molar-refractivity contribution in [1.29, 1.82) is 0 Å². The number of pyridine rings is 1. The van der Waals surface area contributed by atoms with Crippen molar-refractivity contribution >= 4 is 36.4 Å². The summed E-state index contributed by atoms with van der Waals surface area (Å²) in [5, 5.41) is 14.1. The Morgan fingerprint density at radius 3 is 2.45 bits per heavy atom. The SMILES string of the molecule is C[Si]OC(O[Si]C)C(C)(C)[C@H](CN[C@H]1CC[C@@H](C(=O)O)C1)c1ccc(OCc2ccccc2)c2[nH]c(=O)ccc12. The summed E-state index contributed by atoms with van der Waals surface area (Å²) in [4.78, 5) is 27.0. The van der Waals surface area contributed by atoms with E-state index in [1.807, 2.05) is 55.6 Å². The third kappa shape index (κ3) is 7.11. The van der Waals surface area contributed by atoms with Gasteiger partial charge in [-0.25, -0.2) is 0 Å². The number of benzene rings is 2. The standard InChI is InChI=1S/C30H38N2O6Si2/c1-30(2,29(37-39-3)38-40-4)24(17-31-21-11-10-20(16-21)28(34)35)22-12-14-25(27-23(22)13-15-26(33)32-27)36-18-19-8-6-5-7-9-19/h5-9,12-15,20-21,24,29,31H,10-11,16-18H2,1-4H3,(H,32,33)(H,34,35)/t20-,21+,24-/m1/s1. The first-order valence-electron chi connectivity index (χ1n) is 13.7. The van der Waals surface area contributed by atoms with Crippen LogP contribution in [-0.4, -0.2) is 54.5 Å². The number of nitrogens with one attached hydrogen (secondary N) is 2. The molecule has 1 saturated carbocycles. The maximum absolute atomic E-state index is 12.4. The largest absolute Gasteiger partial charge is 0.487 e. The zero-order valence-corrected chi connectivity index (χ0v) is 25.5. The van der Waals surface area contributed by atoms with Crippen LogP contribution in [0.2, 0.25) is 13.1 Å². The van der Waals surface area contributed by atoms with Crippen LogP contribution < -0.4 is 15.6 Å². The topological polar surface area (TPSA) is 110 Å². The smallest absolute Gasteiger partial charge is 0.306 e. The van der Waals surface area contributed by atoms with Crippen LogP contribution in [0.4, 0.5) is 0 Å². The Labute approximate surface area is 240 Å². The molecule has 4 rings (SSSR count). The number of aromatic nitrogens is 1. The van der Waals surface area contributed by atoms with E-state index in [0.29, 0.717) is 37.3 Å². The first-order valence-corrected chi connectivity index (χ1v) is 16.5. The predicted molar refractivity (Wildman–Crippen MR) is 158 cm³/mol. The van der Waals surface area contributed by atoms with Gasteiger partial charge in [-0.15, -0.1) is 0 Å². The highest BCUT2D eigenvalue weighted by atomic mass is 28.2. The summed E-state index contributed by atoms with van der Waals surface area (Å²) in [7, 11) is 0.526. The van der Waals surface area contributed by atoms with Gasteiger partial charge < -0.3 is 29.0 Å². The van der Waals surface area contributed by atoms with Gasteiger partial charge in [-0.1, -0.05) is 50.2 Å². The lowest BCUT2D eigenvalue weighted by Gasteiger charge is -2.42. The third-order valence-electron chi connectivity index (χ3n) is 7.85. The molecule has 0 amide bonds. The number of carbonyl (C=O) groups is 1. The lowest BCUT2D eigenvalue weighted by Crippen LogP contribution is -2.45. The number of H-pyrrole nitrogens is 1. The Balaban J connectivity index is 1.71. The molecule has 1 aromatic heterocycles. The first-order chi connectivity index (χ1) is 19.2. The van der Waals surface area contributed by atoms with E-state index in [1.54, 1.807) is 6.07 Å². The van der Waals surface area contributed by atoms with Gasteiger partial charge in [0, 0.05) is 35.4 Å². The van der Waals surface area contributed by atoms with Crippen LogP contribution in [0.5, 0.6) is 5.75 Å². The molecule has 40 heavy (non-hydrogen) atoms.